The van der Waals surface area contributed by atoms with Gasteiger partial charge in [0.2, 0.25) is 0 Å². The molecular formula is C13H11ClN2O2S2. The molecule has 4 nitrogen and oxygen atoms in total. The fourth-order valence-electron chi connectivity index (χ4n) is 1.63. The van der Waals surface area contributed by atoms with Gasteiger partial charge in [0, 0.05) is 0 Å². The first-order valence-electron chi connectivity index (χ1n) is 5.52. The van der Waals surface area contributed by atoms with Crippen molar-refractivity contribution in [2.45, 2.75) is 10.3 Å². The molecule has 0 saturated carbocycles. The number of nitrogens with two attached hydrogens (primary N) is 1. The van der Waals surface area contributed by atoms with Crippen LogP contribution in [0.2, 0.25) is 4.34 Å². The normalized spacial score (nSPS) is 13.1. The van der Waals surface area contributed by atoms with E-state index in [2.05, 4.69) is 5.92 Å². The van der Waals surface area contributed by atoms with Crippen LogP contribution >= 0.6 is 22.9 Å². The van der Waals surface area contributed by atoms with Crippen LogP contribution < -0.4 is 5.84 Å². The monoisotopic (exact) mass is 326 g/mol. The average Bonchev–Trinajstić information content (AvgIpc) is 2.88. The molecule has 0 amide bonds. The van der Waals surface area contributed by atoms with Crippen LogP contribution in [0, 0.1) is 12.3 Å². The SMILES string of the molecule is C#CC(c1ccccc1)N(N)S(=O)(=O)c1ccc(Cl)s1. The molecule has 20 heavy (non-hydrogen) atoms. The van der Waals surface area contributed by atoms with Gasteiger partial charge in [-0.2, -0.15) is 0 Å². The molecule has 0 aliphatic carbocycles. The highest BCUT2D eigenvalue weighted by Gasteiger charge is 2.30. The van der Waals surface area contributed by atoms with Gasteiger partial charge in [0.15, 0.2) is 0 Å². The van der Waals surface area contributed by atoms with Crippen molar-refractivity contribution in [3.05, 3.63) is 52.4 Å². The van der Waals surface area contributed by atoms with Gasteiger partial charge in [-0.15, -0.1) is 22.2 Å². The van der Waals surface area contributed by atoms with Crippen LogP contribution in [0.3, 0.4) is 0 Å². The second-order valence-corrected chi connectivity index (χ2v) is 7.66. The summed E-state index contributed by atoms with van der Waals surface area (Å²) in [5.74, 6) is 8.14. The van der Waals surface area contributed by atoms with Crippen molar-refractivity contribution in [3.8, 4) is 12.3 Å². The van der Waals surface area contributed by atoms with Gasteiger partial charge in [-0.05, 0) is 17.7 Å². The molecule has 0 aliphatic rings. The van der Waals surface area contributed by atoms with Crippen LogP contribution in [-0.4, -0.2) is 12.8 Å². The maximum Gasteiger partial charge on any atom is 0.266 e. The standard InChI is InChI=1S/C13H11ClN2O2S2/c1-2-11(10-6-4-3-5-7-10)16(15)20(17,18)13-9-8-12(14)19-13/h1,3-9,11H,15H2. The van der Waals surface area contributed by atoms with Crippen LogP contribution in [0.4, 0.5) is 0 Å². The summed E-state index contributed by atoms with van der Waals surface area (Å²) in [6.45, 7) is 0. The van der Waals surface area contributed by atoms with E-state index in [1.54, 1.807) is 24.3 Å². The van der Waals surface area contributed by atoms with Crippen molar-refractivity contribution < 1.29 is 8.42 Å². The molecule has 0 aliphatic heterocycles. The quantitative estimate of drug-likeness (QED) is 0.533. The third-order valence-corrected chi connectivity index (χ3v) is 5.93. The first-order valence-corrected chi connectivity index (χ1v) is 8.16. The largest absolute Gasteiger partial charge is 0.266 e. The van der Waals surface area contributed by atoms with Gasteiger partial charge in [0.05, 0.1) is 4.34 Å². The summed E-state index contributed by atoms with van der Waals surface area (Å²) >= 11 is 6.69. The topological polar surface area (TPSA) is 63.4 Å². The Morgan fingerprint density at radius 3 is 2.40 bits per heavy atom. The molecule has 2 aromatic rings. The van der Waals surface area contributed by atoms with Crippen molar-refractivity contribution in [2.75, 3.05) is 0 Å². The molecule has 0 bridgehead atoms. The number of thiophene rings is 1. The highest BCUT2D eigenvalue weighted by atomic mass is 35.5. The Bertz CT molecular complexity index is 735. The lowest BCUT2D eigenvalue weighted by molar-refractivity contribution is 0.390. The van der Waals surface area contributed by atoms with E-state index < -0.39 is 16.1 Å². The maximum absolute atomic E-state index is 12.4. The number of hydrogen-bond acceptors (Lipinski definition) is 4. The number of hydrazine groups is 1. The number of terminal acetylenes is 1. The summed E-state index contributed by atoms with van der Waals surface area (Å²) in [4.78, 5) is 0. The molecule has 0 spiro atoms. The summed E-state index contributed by atoms with van der Waals surface area (Å²) in [5.41, 5.74) is 0.628. The van der Waals surface area contributed by atoms with Crippen molar-refractivity contribution in [1.82, 2.24) is 4.41 Å². The molecule has 7 heteroatoms. The van der Waals surface area contributed by atoms with Crippen LogP contribution in [0.1, 0.15) is 11.6 Å². The van der Waals surface area contributed by atoms with E-state index in [1.807, 2.05) is 6.07 Å². The van der Waals surface area contributed by atoms with Gasteiger partial charge in [0.1, 0.15) is 10.3 Å². The first kappa shape index (κ1) is 15.0. The molecule has 1 aromatic carbocycles. The van der Waals surface area contributed by atoms with Gasteiger partial charge in [0.25, 0.3) is 10.0 Å². The van der Waals surface area contributed by atoms with Crippen LogP contribution in [0.5, 0.6) is 0 Å². The first-order chi connectivity index (χ1) is 9.46. The minimum absolute atomic E-state index is 0.0566. The molecule has 1 aromatic heterocycles. The van der Waals surface area contributed by atoms with Crippen molar-refractivity contribution in [3.63, 3.8) is 0 Å². The molecule has 0 saturated heterocycles. The lowest BCUT2D eigenvalue weighted by atomic mass is 10.1. The zero-order valence-electron chi connectivity index (χ0n) is 10.2. The van der Waals surface area contributed by atoms with Crippen LogP contribution in [0.25, 0.3) is 0 Å². The smallest absolute Gasteiger partial charge is 0.253 e. The Kier molecular flexibility index (Phi) is 4.48. The number of benzene rings is 1. The Balaban J connectivity index is 2.39. The molecular weight excluding hydrogens is 316 g/mol. The average molecular weight is 327 g/mol. The van der Waals surface area contributed by atoms with Crippen molar-refractivity contribution >= 4 is 33.0 Å². The second-order valence-electron chi connectivity index (χ2n) is 3.87. The molecule has 104 valence electrons. The van der Waals surface area contributed by atoms with Crippen molar-refractivity contribution in [1.29, 1.82) is 0 Å². The van der Waals surface area contributed by atoms with Gasteiger partial charge in [-0.3, -0.25) is 5.84 Å². The summed E-state index contributed by atoms with van der Waals surface area (Å²) in [5, 5.41) is 0. The molecule has 1 atom stereocenters. The molecule has 1 unspecified atom stereocenters. The van der Waals surface area contributed by atoms with Crippen LogP contribution in [0.15, 0.2) is 46.7 Å². The predicted molar refractivity (Wildman–Crippen MR) is 80.6 cm³/mol. The van der Waals surface area contributed by atoms with E-state index >= 15 is 0 Å². The van der Waals surface area contributed by atoms with E-state index in [0.717, 1.165) is 11.3 Å². The fraction of sp³-hybridized carbons (Fsp3) is 0.0769. The molecule has 2 N–H and O–H groups in total. The van der Waals surface area contributed by atoms with E-state index in [-0.39, 0.29) is 4.21 Å². The highest BCUT2D eigenvalue weighted by Crippen LogP contribution is 2.30. The van der Waals surface area contributed by atoms with E-state index in [1.165, 1.54) is 12.1 Å². The summed E-state index contributed by atoms with van der Waals surface area (Å²) in [6.07, 6.45) is 5.43. The van der Waals surface area contributed by atoms with Gasteiger partial charge in [-0.1, -0.05) is 47.9 Å². The van der Waals surface area contributed by atoms with Gasteiger partial charge in [-0.25, -0.2) is 8.42 Å². The van der Waals surface area contributed by atoms with E-state index in [9.17, 15) is 8.42 Å². The Morgan fingerprint density at radius 2 is 1.90 bits per heavy atom. The summed E-state index contributed by atoms with van der Waals surface area (Å²) in [6, 6.07) is 10.8. The molecule has 0 radical (unpaired) electrons. The Hall–Kier alpha value is -1.36. The van der Waals surface area contributed by atoms with Gasteiger partial charge >= 0.3 is 0 Å². The lowest BCUT2D eigenvalue weighted by Crippen LogP contribution is -2.39. The minimum Gasteiger partial charge on any atom is -0.253 e. The Labute approximate surface area is 126 Å². The highest BCUT2D eigenvalue weighted by molar-refractivity contribution is 7.91. The minimum atomic E-state index is -3.87. The third-order valence-electron chi connectivity index (χ3n) is 2.61. The number of halogens is 1. The molecule has 2 rings (SSSR count). The van der Waals surface area contributed by atoms with Gasteiger partial charge < -0.3 is 0 Å². The fourth-order valence-corrected chi connectivity index (χ4v) is 4.40. The predicted octanol–water partition coefficient (Wildman–Crippen LogP) is 2.64. The number of nitrogens with zero attached hydrogens (tertiary/aromatic N) is 1. The second kappa shape index (κ2) is 5.95. The zero-order valence-corrected chi connectivity index (χ0v) is 12.6. The zero-order chi connectivity index (χ0) is 14.8. The Morgan fingerprint density at radius 1 is 1.25 bits per heavy atom. The number of sulfonamides is 1. The number of rotatable bonds is 4. The van der Waals surface area contributed by atoms with Crippen molar-refractivity contribution in [2.24, 2.45) is 5.84 Å². The van der Waals surface area contributed by atoms with Crippen LogP contribution in [-0.2, 0) is 10.0 Å². The third kappa shape index (κ3) is 2.87. The maximum atomic E-state index is 12.4. The summed E-state index contributed by atoms with van der Waals surface area (Å²) < 4.78 is 25.9. The number of hydrogen-bond donors (Lipinski definition) is 1. The van der Waals surface area contributed by atoms with E-state index in [4.69, 9.17) is 23.9 Å². The lowest BCUT2D eigenvalue weighted by Gasteiger charge is -2.22. The van der Waals surface area contributed by atoms with E-state index in [0.29, 0.717) is 14.3 Å². The molecule has 0 fully saturated rings. The molecule has 1 heterocycles. The summed E-state index contributed by atoms with van der Waals surface area (Å²) in [7, 11) is -3.87.